The Hall–Kier alpha value is -2.83. The van der Waals surface area contributed by atoms with Gasteiger partial charge in [0, 0.05) is 18.8 Å². The van der Waals surface area contributed by atoms with E-state index in [1.165, 1.54) is 41.1 Å². The molecular weight excluding hydrogens is 250 g/mol. The van der Waals surface area contributed by atoms with Crippen LogP contribution in [-0.2, 0) is 7.05 Å². The van der Waals surface area contributed by atoms with Crippen LogP contribution in [0.5, 0.6) is 5.75 Å². The van der Waals surface area contributed by atoms with Gasteiger partial charge in [0.05, 0.1) is 11.1 Å². The SMILES string of the molecule is Cn1cc([N+](=O)[O-])cc1C(=O)Nc1ccc(O)cc1. The van der Waals surface area contributed by atoms with Crippen molar-refractivity contribution in [3.8, 4) is 5.75 Å². The standard InChI is InChI=1S/C12H11N3O4/c1-14-7-9(15(18)19)6-11(14)12(17)13-8-2-4-10(16)5-3-8/h2-7,16H,1H3,(H,13,17). The number of nitro groups is 1. The number of hydrogen-bond donors (Lipinski definition) is 2. The van der Waals surface area contributed by atoms with Gasteiger partial charge in [0.1, 0.15) is 11.4 Å². The number of amides is 1. The van der Waals surface area contributed by atoms with Crippen molar-refractivity contribution in [3.63, 3.8) is 0 Å². The number of carbonyl (C=O) groups is 1. The quantitative estimate of drug-likeness (QED) is 0.500. The molecule has 1 heterocycles. The molecule has 7 heteroatoms. The van der Waals surface area contributed by atoms with Gasteiger partial charge >= 0.3 is 0 Å². The zero-order valence-electron chi connectivity index (χ0n) is 10.0. The highest BCUT2D eigenvalue weighted by atomic mass is 16.6. The number of phenolic OH excluding ortho intramolecular Hbond substituents is 1. The minimum Gasteiger partial charge on any atom is -0.508 e. The molecule has 0 spiro atoms. The molecule has 0 atom stereocenters. The number of nitrogens with one attached hydrogen (secondary N) is 1. The summed E-state index contributed by atoms with van der Waals surface area (Å²) in [4.78, 5) is 22.0. The van der Waals surface area contributed by atoms with E-state index in [1.54, 1.807) is 7.05 Å². The maximum absolute atomic E-state index is 11.9. The van der Waals surface area contributed by atoms with Crippen molar-refractivity contribution in [1.29, 1.82) is 0 Å². The van der Waals surface area contributed by atoms with Crippen LogP contribution in [0.2, 0.25) is 0 Å². The summed E-state index contributed by atoms with van der Waals surface area (Å²) in [5.74, 6) is -0.367. The number of phenols is 1. The number of anilines is 1. The Kier molecular flexibility index (Phi) is 3.19. The summed E-state index contributed by atoms with van der Waals surface area (Å²) >= 11 is 0. The average molecular weight is 261 g/mol. The second kappa shape index (κ2) is 4.81. The van der Waals surface area contributed by atoms with Crippen molar-refractivity contribution < 1.29 is 14.8 Å². The van der Waals surface area contributed by atoms with Gasteiger partial charge in [0.25, 0.3) is 11.6 Å². The number of carbonyl (C=O) groups excluding carboxylic acids is 1. The van der Waals surface area contributed by atoms with Gasteiger partial charge in [-0.05, 0) is 24.3 Å². The fraction of sp³-hybridized carbons (Fsp3) is 0.0833. The molecule has 0 fully saturated rings. The highest BCUT2D eigenvalue weighted by Gasteiger charge is 2.17. The van der Waals surface area contributed by atoms with Crippen molar-refractivity contribution in [3.05, 3.63) is 52.3 Å². The topological polar surface area (TPSA) is 97.4 Å². The smallest absolute Gasteiger partial charge is 0.287 e. The number of aromatic hydroxyl groups is 1. The zero-order valence-corrected chi connectivity index (χ0v) is 10.0. The molecule has 19 heavy (non-hydrogen) atoms. The molecule has 2 rings (SSSR count). The summed E-state index contributed by atoms with van der Waals surface area (Å²) < 4.78 is 1.38. The normalized spacial score (nSPS) is 10.2. The van der Waals surface area contributed by atoms with Crippen molar-refractivity contribution >= 4 is 17.3 Å². The van der Waals surface area contributed by atoms with Crippen molar-refractivity contribution in [2.24, 2.45) is 7.05 Å². The van der Waals surface area contributed by atoms with Gasteiger partial charge in [-0.2, -0.15) is 0 Å². The largest absolute Gasteiger partial charge is 0.508 e. The van der Waals surface area contributed by atoms with Crippen LogP contribution in [0.25, 0.3) is 0 Å². The number of aryl methyl sites for hydroxylation is 1. The summed E-state index contributed by atoms with van der Waals surface area (Å²) in [6, 6.07) is 7.14. The first-order chi connectivity index (χ1) is 8.97. The number of benzene rings is 1. The van der Waals surface area contributed by atoms with Crippen LogP contribution in [0.4, 0.5) is 11.4 Å². The van der Waals surface area contributed by atoms with Gasteiger partial charge in [-0.1, -0.05) is 0 Å². The first-order valence-electron chi connectivity index (χ1n) is 5.38. The lowest BCUT2D eigenvalue weighted by atomic mass is 10.3. The van der Waals surface area contributed by atoms with Crippen molar-refractivity contribution in [2.75, 3.05) is 5.32 Å². The van der Waals surface area contributed by atoms with E-state index >= 15 is 0 Å². The van der Waals surface area contributed by atoms with E-state index in [0.29, 0.717) is 5.69 Å². The molecule has 0 unspecified atom stereocenters. The number of nitrogens with zero attached hydrogens (tertiary/aromatic N) is 2. The van der Waals surface area contributed by atoms with Crippen LogP contribution >= 0.6 is 0 Å². The van der Waals surface area contributed by atoms with Crippen LogP contribution in [-0.4, -0.2) is 20.5 Å². The summed E-state index contributed by atoms with van der Waals surface area (Å²) in [7, 11) is 1.55. The lowest BCUT2D eigenvalue weighted by Gasteiger charge is -2.05. The first kappa shape index (κ1) is 12.6. The molecule has 0 aliphatic carbocycles. The third-order valence-electron chi connectivity index (χ3n) is 2.56. The summed E-state index contributed by atoms with van der Waals surface area (Å²) in [5, 5.41) is 22.3. The Morgan fingerprint density at radius 3 is 2.53 bits per heavy atom. The molecule has 1 amide bonds. The predicted molar refractivity (Wildman–Crippen MR) is 68.1 cm³/mol. The van der Waals surface area contributed by atoms with Gasteiger partial charge < -0.3 is 15.0 Å². The third-order valence-corrected chi connectivity index (χ3v) is 2.56. The molecule has 98 valence electrons. The second-order valence-electron chi connectivity index (χ2n) is 3.95. The van der Waals surface area contributed by atoms with E-state index in [2.05, 4.69) is 5.32 Å². The molecule has 0 aliphatic rings. The van der Waals surface area contributed by atoms with Gasteiger partial charge in [-0.3, -0.25) is 14.9 Å². The minimum atomic E-state index is -0.558. The Labute approximate surface area is 108 Å². The lowest BCUT2D eigenvalue weighted by Crippen LogP contribution is -2.15. The molecule has 2 aromatic rings. The van der Waals surface area contributed by atoms with Gasteiger partial charge in [-0.15, -0.1) is 0 Å². The van der Waals surface area contributed by atoms with Crippen LogP contribution < -0.4 is 5.32 Å². The molecule has 1 aromatic heterocycles. The lowest BCUT2D eigenvalue weighted by molar-refractivity contribution is -0.384. The Balaban J connectivity index is 2.20. The number of aromatic nitrogens is 1. The highest BCUT2D eigenvalue weighted by Crippen LogP contribution is 2.18. The van der Waals surface area contributed by atoms with E-state index in [0.717, 1.165) is 0 Å². The highest BCUT2D eigenvalue weighted by molar-refractivity contribution is 6.03. The van der Waals surface area contributed by atoms with E-state index in [9.17, 15) is 14.9 Å². The van der Waals surface area contributed by atoms with Crippen molar-refractivity contribution in [2.45, 2.75) is 0 Å². The molecule has 0 saturated carbocycles. The fourth-order valence-electron chi connectivity index (χ4n) is 1.61. The monoisotopic (exact) mass is 261 g/mol. The van der Waals surface area contributed by atoms with Crippen LogP contribution in [0.3, 0.4) is 0 Å². The molecular formula is C12H11N3O4. The van der Waals surface area contributed by atoms with Crippen LogP contribution in [0.15, 0.2) is 36.5 Å². The van der Waals surface area contributed by atoms with E-state index in [4.69, 9.17) is 5.11 Å². The predicted octanol–water partition coefficient (Wildman–Crippen LogP) is 1.89. The summed E-state index contributed by atoms with van der Waals surface area (Å²) in [6.45, 7) is 0. The maximum Gasteiger partial charge on any atom is 0.287 e. The third kappa shape index (κ3) is 2.71. The summed E-state index contributed by atoms with van der Waals surface area (Å²) in [6.07, 6.45) is 1.27. The van der Waals surface area contributed by atoms with Crippen LogP contribution in [0, 0.1) is 10.1 Å². The van der Waals surface area contributed by atoms with Crippen molar-refractivity contribution in [1.82, 2.24) is 4.57 Å². The van der Waals surface area contributed by atoms with Crippen LogP contribution in [0.1, 0.15) is 10.5 Å². The molecule has 2 N–H and O–H groups in total. The summed E-state index contributed by atoms with van der Waals surface area (Å²) in [5.41, 5.74) is 0.532. The molecule has 0 bridgehead atoms. The molecule has 7 nitrogen and oxygen atoms in total. The zero-order chi connectivity index (χ0) is 14.0. The Morgan fingerprint density at radius 1 is 1.37 bits per heavy atom. The first-order valence-corrected chi connectivity index (χ1v) is 5.38. The molecule has 1 aromatic carbocycles. The minimum absolute atomic E-state index is 0.0903. The van der Waals surface area contributed by atoms with E-state index in [1.807, 2.05) is 0 Å². The average Bonchev–Trinajstić information content (AvgIpc) is 2.74. The fourth-order valence-corrected chi connectivity index (χ4v) is 1.61. The molecule has 0 radical (unpaired) electrons. The second-order valence-corrected chi connectivity index (χ2v) is 3.95. The Bertz CT molecular complexity index is 631. The molecule has 0 saturated heterocycles. The van der Waals surface area contributed by atoms with E-state index < -0.39 is 10.8 Å². The van der Waals surface area contributed by atoms with Gasteiger partial charge in [-0.25, -0.2) is 0 Å². The van der Waals surface area contributed by atoms with Gasteiger partial charge in [0.2, 0.25) is 0 Å². The van der Waals surface area contributed by atoms with E-state index in [-0.39, 0.29) is 17.1 Å². The van der Waals surface area contributed by atoms with Gasteiger partial charge in [0.15, 0.2) is 0 Å². The molecule has 0 aliphatic heterocycles. The number of rotatable bonds is 3. The Morgan fingerprint density at radius 2 is 2.00 bits per heavy atom. The number of hydrogen-bond acceptors (Lipinski definition) is 4. The maximum atomic E-state index is 11.9.